The highest BCUT2D eigenvalue weighted by atomic mass is 16.5. The summed E-state index contributed by atoms with van der Waals surface area (Å²) < 4.78 is 5.35. The predicted octanol–water partition coefficient (Wildman–Crippen LogP) is 1.88. The molecule has 1 aromatic carbocycles. The molecule has 0 bridgehead atoms. The second-order valence-electron chi connectivity index (χ2n) is 3.77. The molecule has 0 saturated heterocycles. The van der Waals surface area contributed by atoms with Gasteiger partial charge in [0.2, 0.25) is 0 Å². The fraction of sp³-hybridized carbons (Fsp3) is 0.462. The van der Waals surface area contributed by atoms with E-state index in [1.165, 1.54) is 0 Å². The number of hydrogen-bond donors (Lipinski definition) is 2. The molecule has 4 nitrogen and oxygen atoms in total. The molecule has 0 spiro atoms. The number of ether oxygens (including phenoxy) is 1. The average molecular weight is 236 g/mol. The zero-order valence-electron chi connectivity index (χ0n) is 10.6. The summed E-state index contributed by atoms with van der Waals surface area (Å²) in [6.45, 7) is 5.05. The zero-order chi connectivity index (χ0) is 12.7. The van der Waals surface area contributed by atoms with E-state index in [0.29, 0.717) is 18.7 Å². The monoisotopic (exact) mass is 236 g/mol. The van der Waals surface area contributed by atoms with Gasteiger partial charge in [-0.05, 0) is 26.0 Å². The van der Waals surface area contributed by atoms with E-state index in [0.717, 1.165) is 5.69 Å². The van der Waals surface area contributed by atoms with E-state index in [9.17, 15) is 4.79 Å². The molecule has 0 fully saturated rings. The van der Waals surface area contributed by atoms with Crippen LogP contribution in [0.2, 0.25) is 0 Å². The number of benzene rings is 1. The molecule has 1 aromatic rings. The van der Waals surface area contributed by atoms with Crippen molar-refractivity contribution < 1.29 is 9.53 Å². The molecule has 0 saturated carbocycles. The lowest BCUT2D eigenvalue weighted by Gasteiger charge is -2.14. The summed E-state index contributed by atoms with van der Waals surface area (Å²) in [6.07, 6.45) is 0.0331. The van der Waals surface area contributed by atoms with Crippen LogP contribution in [0.1, 0.15) is 24.2 Å². The Morgan fingerprint density at radius 3 is 2.76 bits per heavy atom. The molecule has 1 amide bonds. The van der Waals surface area contributed by atoms with Crippen LogP contribution in [-0.2, 0) is 4.74 Å². The number of anilines is 1. The standard InChI is InChI=1S/C13H20N2O2/c1-4-17-10(2)9-15-13(16)11-7-5-6-8-12(11)14-3/h5-8,10,14H,4,9H2,1-3H3,(H,15,16). The number of nitrogens with one attached hydrogen (secondary N) is 2. The molecule has 0 aliphatic rings. The third-order valence-corrected chi connectivity index (χ3v) is 2.44. The molecule has 0 radical (unpaired) electrons. The van der Waals surface area contributed by atoms with E-state index in [1.807, 2.05) is 32.0 Å². The van der Waals surface area contributed by atoms with E-state index in [1.54, 1.807) is 13.1 Å². The van der Waals surface area contributed by atoms with Crippen molar-refractivity contribution in [3.63, 3.8) is 0 Å². The number of amides is 1. The first-order valence-corrected chi connectivity index (χ1v) is 5.85. The lowest BCUT2D eigenvalue weighted by Crippen LogP contribution is -2.32. The van der Waals surface area contributed by atoms with Crippen LogP contribution in [0.25, 0.3) is 0 Å². The third-order valence-electron chi connectivity index (χ3n) is 2.44. The van der Waals surface area contributed by atoms with Crippen LogP contribution in [0.3, 0.4) is 0 Å². The highest BCUT2D eigenvalue weighted by Crippen LogP contribution is 2.13. The van der Waals surface area contributed by atoms with Crippen LogP contribution < -0.4 is 10.6 Å². The van der Waals surface area contributed by atoms with Crippen LogP contribution in [-0.4, -0.2) is 32.2 Å². The van der Waals surface area contributed by atoms with Crippen LogP contribution in [0.4, 0.5) is 5.69 Å². The van der Waals surface area contributed by atoms with Gasteiger partial charge < -0.3 is 15.4 Å². The van der Waals surface area contributed by atoms with Crippen molar-refractivity contribution in [2.24, 2.45) is 0 Å². The number of rotatable bonds is 6. The average Bonchev–Trinajstić information content (AvgIpc) is 2.36. The normalized spacial score (nSPS) is 11.9. The summed E-state index contributed by atoms with van der Waals surface area (Å²) in [5, 5.41) is 5.85. The minimum absolute atomic E-state index is 0.0331. The Morgan fingerprint density at radius 1 is 1.41 bits per heavy atom. The molecule has 17 heavy (non-hydrogen) atoms. The summed E-state index contributed by atoms with van der Waals surface area (Å²) in [5.41, 5.74) is 1.48. The molecule has 1 atom stereocenters. The topological polar surface area (TPSA) is 50.4 Å². The molecule has 1 unspecified atom stereocenters. The quantitative estimate of drug-likeness (QED) is 0.793. The van der Waals surface area contributed by atoms with Gasteiger partial charge in [0.25, 0.3) is 5.91 Å². The minimum Gasteiger partial charge on any atom is -0.387 e. The Morgan fingerprint density at radius 2 is 2.12 bits per heavy atom. The first-order chi connectivity index (χ1) is 8.19. The van der Waals surface area contributed by atoms with Crippen molar-refractivity contribution in [1.82, 2.24) is 5.32 Å². The van der Waals surface area contributed by atoms with Gasteiger partial charge in [0.15, 0.2) is 0 Å². The van der Waals surface area contributed by atoms with Gasteiger partial charge in [0, 0.05) is 25.9 Å². The lowest BCUT2D eigenvalue weighted by molar-refractivity contribution is 0.0695. The van der Waals surface area contributed by atoms with E-state index >= 15 is 0 Å². The smallest absolute Gasteiger partial charge is 0.253 e. The predicted molar refractivity (Wildman–Crippen MR) is 69.4 cm³/mol. The van der Waals surface area contributed by atoms with E-state index in [2.05, 4.69) is 10.6 Å². The van der Waals surface area contributed by atoms with Gasteiger partial charge in [0.05, 0.1) is 11.7 Å². The largest absolute Gasteiger partial charge is 0.387 e. The molecule has 0 aliphatic carbocycles. The molecule has 0 heterocycles. The second-order valence-corrected chi connectivity index (χ2v) is 3.77. The first kappa shape index (κ1) is 13.5. The lowest BCUT2D eigenvalue weighted by atomic mass is 10.1. The molecular weight excluding hydrogens is 216 g/mol. The van der Waals surface area contributed by atoms with Crippen LogP contribution in [0.5, 0.6) is 0 Å². The maximum absolute atomic E-state index is 11.9. The maximum atomic E-state index is 11.9. The molecule has 0 aliphatic heterocycles. The third kappa shape index (κ3) is 4.07. The van der Waals surface area contributed by atoms with E-state index in [4.69, 9.17) is 4.74 Å². The summed E-state index contributed by atoms with van der Waals surface area (Å²) in [4.78, 5) is 11.9. The molecule has 1 rings (SSSR count). The first-order valence-electron chi connectivity index (χ1n) is 5.85. The van der Waals surface area contributed by atoms with Gasteiger partial charge >= 0.3 is 0 Å². The van der Waals surface area contributed by atoms with Crippen molar-refractivity contribution in [3.05, 3.63) is 29.8 Å². The summed E-state index contributed by atoms with van der Waals surface area (Å²) in [6, 6.07) is 7.42. The highest BCUT2D eigenvalue weighted by Gasteiger charge is 2.10. The molecule has 4 heteroatoms. The Balaban J connectivity index is 2.58. The SMILES string of the molecule is CCOC(C)CNC(=O)c1ccccc1NC. The van der Waals surface area contributed by atoms with Gasteiger partial charge in [-0.25, -0.2) is 0 Å². The van der Waals surface area contributed by atoms with Gasteiger partial charge in [0.1, 0.15) is 0 Å². The van der Waals surface area contributed by atoms with Gasteiger partial charge in [-0.2, -0.15) is 0 Å². The van der Waals surface area contributed by atoms with Gasteiger partial charge in [-0.15, -0.1) is 0 Å². The summed E-state index contributed by atoms with van der Waals surface area (Å²) >= 11 is 0. The fourth-order valence-electron chi connectivity index (χ4n) is 1.57. The van der Waals surface area contributed by atoms with Crippen molar-refractivity contribution in [2.45, 2.75) is 20.0 Å². The Hall–Kier alpha value is -1.55. The number of para-hydroxylation sites is 1. The molecular formula is C13H20N2O2. The number of hydrogen-bond acceptors (Lipinski definition) is 3. The van der Waals surface area contributed by atoms with Crippen molar-refractivity contribution in [2.75, 3.05) is 25.5 Å². The molecule has 0 aromatic heterocycles. The van der Waals surface area contributed by atoms with Crippen LogP contribution in [0, 0.1) is 0 Å². The Kier molecular flexibility index (Phi) is 5.49. The van der Waals surface area contributed by atoms with Crippen LogP contribution in [0.15, 0.2) is 24.3 Å². The minimum atomic E-state index is -0.0819. The van der Waals surface area contributed by atoms with Crippen molar-refractivity contribution in [1.29, 1.82) is 0 Å². The maximum Gasteiger partial charge on any atom is 0.253 e. The van der Waals surface area contributed by atoms with Crippen LogP contribution >= 0.6 is 0 Å². The Labute approximate surface area is 102 Å². The van der Waals surface area contributed by atoms with E-state index in [-0.39, 0.29) is 12.0 Å². The molecule has 2 N–H and O–H groups in total. The number of carbonyl (C=O) groups is 1. The summed E-state index contributed by atoms with van der Waals surface area (Å²) in [5.74, 6) is -0.0819. The van der Waals surface area contributed by atoms with Gasteiger partial charge in [-0.1, -0.05) is 12.1 Å². The van der Waals surface area contributed by atoms with Gasteiger partial charge in [-0.3, -0.25) is 4.79 Å². The fourth-order valence-corrected chi connectivity index (χ4v) is 1.57. The Bertz CT molecular complexity index is 366. The molecule has 94 valence electrons. The second kappa shape index (κ2) is 6.91. The number of carbonyl (C=O) groups excluding carboxylic acids is 1. The van der Waals surface area contributed by atoms with E-state index < -0.39 is 0 Å². The zero-order valence-corrected chi connectivity index (χ0v) is 10.6. The van der Waals surface area contributed by atoms with Crippen molar-refractivity contribution in [3.8, 4) is 0 Å². The summed E-state index contributed by atoms with van der Waals surface area (Å²) in [7, 11) is 1.80. The highest BCUT2D eigenvalue weighted by molar-refractivity contribution is 5.99. The van der Waals surface area contributed by atoms with Crippen molar-refractivity contribution >= 4 is 11.6 Å².